The van der Waals surface area contributed by atoms with Crippen LogP contribution in [-0.2, 0) is 58.8 Å². The lowest BCUT2D eigenvalue weighted by molar-refractivity contribution is -0.156. The summed E-state index contributed by atoms with van der Waals surface area (Å²) in [4.78, 5) is 11.5. The zero-order valence-corrected chi connectivity index (χ0v) is 25.3. The molecule has 238 valence electrons. The van der Waals surface area contributed by atoms with E-state index in [1.54, 1.807) is 0 Å². The van der Waals surface area contributed by atoms with Gasteiger partial charge in [-0.2, -0.15) is 0 Å². The summed E-state index contributed by atoms with van der Waals surface area (Å²) >= 11 is 0. The second kappa shape index (κ2) is 27.2. The third kappa shape index (κ3) is 28.2. The number of hydrogen-bond donors (Lipinski definition) is 0. The maximum absolute atomic E-state index is 11.5. The normalized spacial score (nSPS) is 11.7. The molecule has 0 aliphatic rings. The average molecular weight is 589 g/mol. The highest BCUT2D eigenvalue weighted by Gasteiger charge is 2.15. The number of benzene rings is 1. The first-order chi connectivity index (χ1) is 20.0. The van der Waals surface area contributed by atoms with E-state index in [1.807, 2.05) is 51.1 Å². The standard InChI is InChI=1S/C30H52O11/c1-30(2,3)41-29(31)9-10-32-11-12-33-13-14-34-15-16-35-17-18-36-19-20-37-21-22-38-23-24-39-25-26-40-27-28-7-5-4-6-8-28/h4-8H,9-27H2,1-3H3. The van der Waals surface area contributed by atoms with Crippen molar-refractivity contribution in [1.82, 2.24) is 0 Å². The predicted molar refractivity (Wildman–Crippen MR) is 153 cm³/mol. The molecule has 0 amide bonds. The summed E-state index contributed by atoms with van der Waals surface area (Å²) in [7, 11) is 0. The number of rotatable bonds is 29. The van der Waals surface area contributed by atoms with Gasteiger partial charge in [-0.05, 0) is 26.3 Å². The van der Waals surface area contributed by atoms with Crippen LogP contribution in [0.4, 0.5) is 0 Å². The van der Waals surface area contributed by atoms with Gasteiger partial charge in [-0.1, -0.05) is 30.3 Å². The van der Waals surface area contributed by atoms with Crippen LogP contribution in [0.1, 0.15) is 32.8 Å². The van der Waals surface area contributed by atoms with Gasteiger partial charge in [0.05, 0.1) is 125 Å². The van der Waals surface area contributed by atoms with Gasteiger partial charge >= 0.3 is 5.97 Å². The molecule has 0 unspecified atom stereocenters. The summed E-state index contributed by atoms with van der Waals surface area (Å²) in [6, 6.07) is 10.1. The molecule has 0 radical (unpaired) electrons. The van der Waals surface area contributed by atoms with Crippen molar-refractivity contribution in [2.24, 2.45) is 0 Å². The van der Waals surface area contributed by atoms with Crippen molar-refractivity contribution in [3.8, 4) is 0 Å². The molecule has 0 heterocycles. The lowest BCUT2D eigenvalue weighted by Gasteiger charge is -2.19. The average Bonchev–Trinajstić information content (AvgIpc) is 2.94. The lowest BCUT2D eigenvalue weighted by atomic mass is 10.2. The van der Waals surface area contributed by atoms with Gasteiger partial charge in [0.15, 0.2) is 0 Å². The number of carbonyl (C=O) groups excluding carboxylic acids is 1. The molecule has 0 N–H and O–H groups in total. The first kappa shape index (κ1) is 37.4. The topological polar surface area (TPSA) is 109 Å². The molecule has 0 aliphatic heterocycles. The van der Waals surface area contributed by atoms with Crippen LogP contribution in [0, 0.1) is 0 Å². The Bertz CT molecular complexity index is 697. The molecule has 41 heavy (non-hydrogen) atoms. The first-order valence-electron chi connectivity index (χ1n) is 14.4. The fourth-order valence-corrected chi connectivity index (χ4v) is 3.07. The molecule has 0 atom stereocenters. The molecule has 0 bridgehead atoms. The van der Waals surface area contributed by atoms with Crippen LogP contribution >= 0.6 is 0 Å². The smallest absolute Gasteiger partial charge is 0.308 e. The van der Waals surface area contributed by atoms with Crippen molar-refractivity contribution in [1.29, 1.82) is 0 Å². The van der Waals surface area contributed by atoms with Crippen LogP contribution in [0.2, 0.25) is 0 Å². The highest BCUT2D eigenvalue weighted by molar-refractivity contribution is 5.69. The summed E-state index contributed by atoms with van der Waals surface area (Å²) < 4.78 is 54.3. The largest absolute Gasteiger partial charge is 0.460 e. The highest BCUT2D eigenvalue weighted by atomic mass is 16.6. The van der Waals surface area contributed by atoms with Crippen LogP contribution in [0.5, 0.6) is 0 Å². The first-order valence-corrected chi connectivity index (χ1v) is 14.4. The van der Waals surface area contributed by atoms with E-state index in [1.165, 1.54) is 0 Å². The van der Waals surface area contributed by atoms with Crippen LogP contribution in [0.3, 0.4) is 0 Å². The number of esters is 1. The summed E-state index contributed by atoms with van der Waals surface area (Å²) in [5.41, 5.74) is 0.687. The Kier molecular flexibility index (Phi) is 24.8. The van der Waals surface area contributed by atoms with Gasteiger partial charge in [0.2, 0.25) is 0 Å². The van der Waals surface area contributed by atoms with E-state index >= 15 is 0 Å². The predicted octanol–water partition coefficient (Wildman–Crippen LogP) is 3.07. The minimum atomic E-state index is -0.470. The molecule has 0 fully saturated rings. The zero-order valence-electron chi connectivity index (χ0n) is 25.3. The SMILES string of the molecule is CC(C)(C)OC(=O)CCOCCOCCOCCOCCOCCOCCOCCOCCOCc1ccccc1. The van der Waals surface area contributed by atoms with E-state index in [9.17, 15) is 4.79 Å². The number of ether oxygens (including phenoxy) is 10. The van der Waals surface area contributed by atoms with Gasteiger partial charge in [0, 0.05) is 0 Å². The van der Waals surface area contributed by atoms with Crippen LogP contribution in [0.15, 0.2) is 30.3 Å². The van der Waals surface area contributed by atoms with E-state index in [0.29, 0.717) is 119 Å². The van der Waals surface area contributed by atoms with E-state index in [0.717, 1.165) is 5.56 Å². The van der Waals surface area contributed by atoms with Gasteiger partial charge in [0.1, 0.15) is 5.60 Å². The molecule has 11 nitrogen and oxygen atoms in total. The van der Waals surface area contributed by atoms with Gasteiger partial charge in [0.25, 0.3) is 0 Å². The zero-order chi connectivity index (χ0) is 29.7. The molecular formula is C30H52O11. The highest BCUT2D eigenvalue weighted by Crippen LogP contribution is 2.08. The van der Waals surface area contributed by atoms with Crippen molar-refractivity contribution < 1.29 is 52.2 Å². The molecule has 1 aromatic carbocycles. The van der Waals surface area contributed by atoms with Crippen molar-refractivity contribution >= 4 is 5.97 Å². The molecular weight excluding hydrogens is 536 g/mol. The van der Waals surface area contributed by atoms with E-state index in [4.69, 9.17) is 47.4 Å². The van der Waals surface area contributed by atoms with E-state index in [2.05, 4.69) is 0 Å². The molecule has 0 saturated heterocycles. The number of carbonyl (C=O) groups is 1. The summed E-state index contributed by atoms with van der Waals surface area (Å²) in [6.45, 7) is 14.5. The van der Waals surface area contributed by atoms with Gasteiger partial charge in [-0.3, -0.25) is 4.79 Å². The Hall–Kier alpha value is -1.67. The van der Waals surface area contributed by atoms with E-state index < -0.39 is 5.60 Å². The molecule has 0 spiro atoms. The molecule has 1 aromatic rings. The fourth-order valence-electron chi connectivity index (χ4n) is 3.07. The summed E-state index contributed by atoms with van der Waals surface area (Å²) in [5.74, 6) is -0.262. The molecule has 1 rings (SSSR count). The Labute approximate surface area is 245 Å². The van der Waals surface area contributed by atoms with Crippen molar-refractivity contribution in [3.63, 3.8) is 0 Å². The van der Waals surface area contributed by atoms with Gasteiger partial charge in [-0.15, -0.1) is 0 Å². The Balaban J connectivity index is 1.65. The van der Waals surface area contributed by atoms with Crippen molar-refractivity contribution in [3.05, 3.63) is 35.9 Å². The maximum atomic E-state index is 11.5. The number of hydrogen-bond acceptors (Lipinski definition) is 11. The van der Waals surface area contributed by atoms with E-state index in [-0.39, 0.29) is 12.4 Å². The summed E-state index contributed by atoms with van der Waals surface area (Å²) in [5, 5.41) is 0. The third-order valence-corrected chi connectivity index (χ3v) is 4.96. The van der Waals surface area contributed by atoms with Gasteiger partial charge in [-0.25, -0.2) is 0 Å². The summed E-state index contributed by atoms with van der Waals surface area (Å²) in [6.07, 6.45) is 0.236. The molecule has 0 aromatic heterocycles. The quantitative estimate of drug-likeness (QED) is 0.102. The minimum Gasteiger partial charge on any atom is -0.460 e. The molecule has 11 heteroatoms. The molecule has 0 saturated carbocycles. The Morgan fingerprint density at radius 2 is 0.805 bits per heavy atom. The monoisotopic (exact) mass is 588 g/mol. The van der Waals surface area contributed by atoms with Crippen LogP contribution < -0.4 is 0 Å². The second-order valence-electron chi connectivity index (χ2n) is 9.77. The van der Waals surface area contributed by atoms with Crippen LogP contribution in [-0.4, -0.2) is 124 Å². The maximum Gasteiger partial charge on any atom is 0.308 e. The minimum absolute atomic E-state index is 0.236. The fraction of sp³-hybridized carbons (Fsp3) is 0.767. The Morgan fingerprint density at radius 3 is 1.15 bits per heavy atom. The lowest BCUT2D eigenvalue weighted by Crippen LogP contribution is -2.24. The third-order valence-electron chi connectivity index (χ3n) is 4.96. The Morgan fingerprint density at radius 1 is 0.488 bits per heavy atom. The van der Waals surface area contributed by atoms with Crippen molar-refractivity contribution in [2.75, 3.05) is 112 Å². The van der Waals surface area contributed by atoms with Gasteiger partial charge < -0.3 is 47.4 Å². The van der Waals surface area contributed by atoms with Crippen LogP contribution in [0.25, 0.3) is 0 Å². The second-order valence-corrected chi connectivity index (χ2v) is 9.77. The van der Waals surface area contributed by atoms with Crippen molar-refractivity contribution in [2.45, 2.75) is 39.4 Å². The molecule has 0 aliphatic carbocycles.